The summed E-state index contributed by atoms with van der Waals surface area (Å²) in [5.74, 6) is -0.661. The first-order valence-electron chi connectivity index (χ1n) is 7.85. The third-order valence-corrected chi connectivity index (χ3v) is 3.92. The van der Waals surface area contributed by atoms with Crippen LogP contribution in [0.5, 0.6) is 0 Å². The quantitative estimate of drug-likeness (QED) is 0.371. The lowest BCUT2D eigenvalue weighted by molar-refractivity contribution is -0.00986. The average Bonchev–Trinajstić information content (AvgIpc) is 2.48. The number of carbonyl (C=O) groups excluding carboxylic acids is 1. The summed E-state index contributed by atoms with van der Waals surface area (Å²) in [6.07, 6.45) is 3.15. The van der Waals surface area contributed by atoms with Gasteiger partial charge in [0, 0.05) is 17.8 Å². The molecule has 0 spiro atoms. The smallest absolute Gasteiger partial charge is 0.170 e. The normalized spacial score (nSPS) is 15.3. The van der Waals surface area contributed by atoms with Crippen molar-refractivity contribution in [2.24, 2.45) is 11.7 Å². The van der Waals surface area contributed by atoms with E-state index in [2.05, 4.69) is 12.2 Å². The third kappa shape index (κ3) is 4.83. The van der Waals surface area contributed by atoms with Crippen molar-refractivity contribution in [3.05, 3.63) is 29.8 Å². The van der Waals surface area contributed by atoms with E-state index in [0.717, 1.165) is 25.1 Å². The van der Waals surface area contributed by atoms with Crippen LogP contribution in [-0.4, -0.2) is 23.2 Å². The SMILES string of the molecule is CCCCNc1ccc(C(=O)C(CC)C(N)(O)CC)cc1. The Morgan fingerprint density at radius 1 is 1.29 bits per heavy atom. The van der Waals surface area contributed by atoms with Gasteiger partial charge in [0.25, 0.3) is 0 Å². The second-order valence-corrected chi connectivity index (χ2v) is 5.53. The van der Waals surface area contributed by atoms with Crippen molar-refractivity contribution < 1.29 is 9.90 Å². The standard InChI is InChI=1S/C17H28N2O2/c1-4-7-12-19-14-10-8-13(9-11-14)16(20)15(5-2)17(18,21)6-3/h8-11,15,19,21H,4-7,12,18H2,1-3H3. The summed E-state index contributed by atoms with van der Waals surface area (Å²) in [6, 6.07) is 7.39. The van der Waals surface area contributed by atoms with Crippen molar-refractivity contribution in [1.29, 1.82) is 0 Å². The Hall–Kier alpha value is -1.39. The Bertz CT molecular complexity index is 441. The maximum Gasteiger partial charge on any atom is 0.170 e. The minimum atomic E-state index is -1.44. The molecule has 1 aromatic rings. The fourth-order valence-electron chi connectivity index (χ4n) is 2.38. The lowest BCUT2D eigenvalue weighted by atomic mass is 9.85. The van der Waals surface area contributed by atoms with Crippen LogP contribution in [0, 0.1) is 5.92 Å². The number of nitrogens with one attached hydrogen (secondary N) is 1. The van der Waals surface area contributed by atoms with Crippen molar-refractivity contribution in [3.8, 4) is 0 Å². The molecule has 0 aliphatic carbocycles. The predicted molar refractivity (Wildman–Crippen MR) is 87.4 cm³/mol. The maximum absolute atomic E-state index is 12.5. The monoisotopic (exact) mass is 292 g/mol. The van der Waals surface area contributed by atoms with Crippen LogP contribution in [0.1, 0.15) is 56.8 Å². The van der Waals surface area contributed by atoms with Gasteiger partial charge in [-0.25, -0.2) is 0 Å². The number of hydrogen-bond acceptors (Lipinski definition) is 4. The van der Waals surface area contributed by atoms with E-state index in [9.17, 15) is 9.90 Å². The first-order chi connectivity index (χ1) is 9.96. The summed E-state index contributed by atoms with van der Waals surface area (Å²) in [7, 11) is 0. The molecule has 1 aromatic carbocycles. The van der Waals surface area contributed by atoms with Gasteiger partial charge < -0.3 is 16.2 Å². The van der Waals surface area contributed by atoms with E-state index in [1.54, 1.807) is 19.1 Å². The van der Waals surface area contributed by atoms with E-state index >= 15 is 0 Å². The Kier molecular flexibility index (Phi) is 6.85. The van der Waals surface area contributed by atoms with Crippen molar-refractivity contribution in [2.75, 3.05) is 11.9 Å². The zero-order valence-corrected chi connectivity index (χ0v) is 13.4. The van der Waals surface area contributed by atoms with E-state index in [1.165, 1.54) is 0 Å². The van der Waals surface area contributed by atoms with Crippen LogP contribution in [-0.2, 0) is 0 Å². The number of anilines is 1. The van der Waals surface area contributed by atoms with Gasteiger partial charge in [-0.3, -0.25) is 4.79 Å². The zero-order valence-electron chi connectivity index (χ0n) is 13.4. The van der Waals surface area contributed by atoms with Gasteiger partial charge in [0.1, 0.15) is 5.72 Å². The molecule has 2 unspecified atom stereocenters. The molecule has 118 valence electrons. The van der Waals surface area contributed by atoms with E-state index in [0.29, 0.717) is 18.4 Å². The van der Waals surface area contributed by atoms with Gasteiger partial charge in [-0.2, -0.15) is 0 Å². The van der Waals surface area contributed by atoms with Crippen LogP contribution in [0.15, 0.2) is 24.3 Å². The molecule has 0 heterocycles. The highest BCUT2D eigenvalue weighted by Gasteiger charge is 2.35. The first kappa shape index (κ1) is 17.7. The van der Waals surface area contributed by atoms with Crippen LogP contribution in [0.2, 0.25) is 0 Å². The molecule has 0 saturated carbocycles. The van der Waals surface area contributed by atoms with Gasteiger partial charge in [-0.1, -0.05) is 27.2 Å². The second kappa shape index (κ2) is 8.15. The number of benzene rings is 1. The van der Waals surface area contributed by atoms with Gasteiger partial charge in [0.05, 0.1) is 5.92 Å². The topological polar surface area (TPSA) is 75.4 Å². The third-order valence-electron chi connectivity index (χ3n) is 3.92. The number of nitrogens with two attached hydrogens (primary N) is 1. The molecule has 0 bridgehead atoms. The van der Waals surface area contributed by atoms with E-state index in [-0.39, 0.29) is 5.78 Å². The molecule has 4 nitrogen and oxygen atoms in total. The highest BCUT2D eigenvalue weighted by Crippen LogP contribution is 2.24. The summed E-state index contributed by atoms with van der Waals surface area (Å²) in [4.78, 5) is 12.5. The lowest BCUT2D eigenvalue weighted by Crippen LogP contribution is -2.49. The fourth-order valence-corrected chi connectivity index (χ4v) is 2.38. The molecule has 21 heavy (non-hydrogen) atoms. The Labute approximate surface area is 127 Å². The molecule has 4 heteroatoms. The van der Waals surface area contributed by atoms with Crippen molar-refractivity contribution in [2.45, 2.75) is 52.2 Å². The Morgan fingerprint density at radius 2 is 1.90 bits per heavy atom. The molecular formula is C17H28N2O2. The molecule has 0 aliphatic rings. The Morgan fingerprint density at radius 3 is 2.38 bits per heavy atom. The van der Waals surface area contributed by atoms with Crippen LogP contribution in [0.3, 0.4) is 0 Å². The van der Waals surface area contributed by atoms with Crippen molar-refractivity contribution in [1.82, 2.24) is 0 Å². The molecule has 4 N–H and O–H groups in total. The van der Waals surface area contributed by atoms with Gasteiger partial charge in [0.15, 0.2) is 5.78 Å². The summed E-state index contributed by atoms with van der Waals surface area (Å²) in [5, 5.41) is 13.5. The van der Waals surface area contributed by atoms with Crippen molar-refractivity contribution in [3.63, 3.8) is 0 Å². The minimum Gasteiger partial charge on any atom is -0.385 e. The fraction of sp³-hybridized carbons (Fsp3) is 0.588. The number of rotatable bonds is 9. The van der Waals surface area contributed by atoms with Gasteiger partial charge >= 0.3 is 0 Å². The summed E-state index contributed by atoms with van der Waals surface area (Å²) >= 11 is 0. The summed E-state index contributed by atoms with van der Waals surface area (Å²) in [6.45, 7) is 6.74. The number of carbonyl (C=O) groups is 1. The number of aliphatic hydroxyl groups is 1. The molecule has 0 fully saturated rings. The lowest BCUT2D eigenvalue weighted by Gasteiger charge is -2.29. The number of unbranched alkanes of at least 4 members (excludes halogenated alkanes) is 1. The van der Waals surface area contributed by atoms with E-state index in [1.807, 2.05) is 19.1 Å². The van der Waals surface area contributed by atoms with E-state index < -0.39 is 11.6 Å². The minimum absolute atomic E-state index is 0.0931. The zero-order chi connectivity index (χ0) is 15.9. The van der Waals surface area contributed by atoms with Crippen LogP contribution < -0.4 is 11.1 Å². The van der Waals surface area contributed by atoms with Crippen LogP contribution >= 0.6 is 0 Å². The molecule has 0 saturated heterocycles. The van der Waals surface area contributed by atoms with Crippen LogP contribution in [0.25, 0.3) is 0 Å². The summed E-state index contributed by atoms with van der Waals surface area (Å²) in [5.41, 5.74) is 6.01. The van der Waals surface area contributed by atoms with Gasteiger partial charge in [-0.15, -0.1) is 0 Å². The predicted octanol–water partition coefficient (Wildman–Crippen LogP) is 3.16. The number of ketones is 1. The number of Topliss-reactive ketones (excluding diaryl/α,β-unsaturated/α-hetero) is 1. The van der Waals surface area contributed by atoms with Gasteiger partial charge in [0.2, 0.25) is 0 Å². The Balaban J connectivity index is 2.78. The molecule has 0 radical (unpaired) electrons. The molecule has 1 rings (SSSR count). The van der Waals surface area contributed by atoms with E-state index in [4.69, 9.17) is 5.73 Å². The summed E-state index contributed by atoms with van der Waals surface area (Å²) < 4.78 is 0. The molecule has 0 aromatic heterocycles. The maximum atomic E-state index is 12.5. The van der Waals surface area contributed by atoms with Crippen LogP contribution in [0.4, 0.5) is 5.69 Å². The second-order valence-electron chi connectivity index (χ2n) is 5.53. The molecular weight excluding hydrogens is 264 g/mol. The largest absolute Gasteiger partial charge is 0.385 e. The van der Waals surface area contributed by atoms with Crippen molar-refractivity contribution >= 4 is 11.5 Å². The highest BCUT2D eigenvalue weighted by molar-refractivity contribution is 5.98. The molecule has 0 amide bonds. The van der Waals surface area contributed by atoms with Gasteiger partial charge in [-0.05, 0) is 43.5 Å². The molecule has 2 atom stereocenters. The average molecular weight is 292 g/mol. The molecule has 0 aliphatic heterocycles. The number of hydrogen-bond donors (Lipinski definition) is 3. The first-order valence-corrected chi connectivity index (χ1v) is 7.85. The highest BCUT2D eigenvalue weighted by atomic mass is 16.3.